The van der Waals surface area contributed by atoms with Gasteiger partial charge in [-0.2, -0.15) is 0 Å². The van der Waals surface area contributed by atoms with Crippen LogP contribution in [0.3, 0.4) is 0 Å². The number of likely N-dealkylation sites (tertiary alicyclic amines) is 1. The van der Waals surface area contributed by atoms with E-state index in [1.54, 1.807) is 0 Å². The summed E-state index contributed by atoms with van der Waals surface area (Å²) >= 11 is 0. The minimum atomic E-state index is 0.827. The first-order valence-electron chi connectivity index (χ1n) is 6.55. The Kier molecular flexibility index (Phi) is 4.31. The van der Waals surface area contributed by atoms with Crippen LogP contribution in [0.5, 0.6) is 0 Å². The topological polar surface area (TPSA) is 41.1 Å². The third-order valence-corrected chi connectivity index (χ3v) is 3.16. The first kappa shape index (κ1) is 12.3. The van der Waals surface area contributed by atoms with E-state index in [4.69, 9.17) is 0 Å². The molecule has 1 atom stereocenters. The Labute approximate surface area is 103 Å². The minimum Gasteiger partial charge on any atom is -0.369 e. The van der Waals surface area contributed by atoms with Gasteiger partial charge in [-0.1, -0.05) is 13.8 Å². The second-order valence-electron chi connectivity index (χ2n) is 4.95. The Balaban J connectivity index is 1.85. The predicted molar refractivity (Wildman–Crippen MR) is 69.9 cm³/mol. The molecule has 1 aliphatic rings. The summed E-state index contributed by atoms with van der Waals surface area (Å²) in [4.78, 5) is 11.3. The standard InChI is InChI=1S/C13H22N4/c1-3-5-14-13-8-15-12(7-16-13)10-17-6-4-11(2)9-17/h7-8,11H,3-6,9-10H2,1-2H3,(H,14,16). The van der Waals surface area contributed by atoms with E-state index in [-0.39, 0.29) is 0 Å². The monoisotopic (exact) mass is 234 g/mol. The summed E-state index contributed by atoms with van der Waals surface area (Å²) in [6.45, 7) is 8.73. The van der Waals surface area contributed by atoms with Gasteiger partial charge in [0.25, 0.3) is 0 Å². The Morgan fingerprint density at radius 1 is 1.41 bits per heavy atom. The fraction of sp³-hybridized carbons (Fsp3) is 0.692. The lowest BCUT2D eigenvalue weighted by molar-refractivity contribution is 0.316. The van der Waals surface area contributed by atoms with Gasteiger partial charge in [-0.05, 0) is 25.3 Å². The van der Waals surface area contributed by atoms with Gasteiger partial charge < -0.3 is 5.32 Å². The van der Waals surface area contributed by atoms with E-state index in [0.717, 1.165) is 36.9 Å². The zero-order valence-electron chi connectivity index (χ0n) is 10.8. The second-order valence-corrected chi connectivity index (χ2v) is 4.95. The highest BCUT2D eigenvalue weighted by atomic mass is 15.2. The molecule has 2 rings (SSSR count). The minimum absolute atomic E-state index is 0.827. The Hall–Kier alpha value is -1.16. The molecule has 1 aromatic rings. The maximum Gasteiger partial charge on any atom is 0.144 e. The van der Waals surface area contributed by atoms with Gasteiger partial charge in [0.05, 0.1) is 18.1 Å². The zero-order chi connectivity index (χ0) is 12.1. The molecule has 4 heteroatoms. The van der Waals surface area contributed by atoms with Crippen molar-refractivity contribution in [2.75, 3.05) is 25.0 Å². The van der Waals surface area contributed by atoms with Crippen LogP contribution in [0.15, 0.2) is 12.4 Å². The molecular weight excluding hydrogens is 212 g/mol. The van der Waals surface area contributed by atoms with Crippen molar-refractivity contribution in [3.8, 4) is 0 Å². The number of aromatic nitrogens is 2. The van der Waals surface area contributed by atoms with Crippen molar-refractivity contribution < 1.29 is 0 Å². The number of hydrogen-bond acceptors (Lipinski definition) is 4. The van der Waals surface area contributed by atoms with Gasteiger partial charge in [0.2, 0.25) is 0 Å². The fourth-order valence-corrected chi connectivity index (χ4v) is 2.18. The summed E-state index contributed by atoms with van der Waals surface area (Å²) < 4.78 is 0. The van der Waals surface area contributed by atoms with E-state index in [1.165, 1.54) is 19.5 Å². The third-order valence-electron chi connectivity index (χ3n) is 3.16. The summed E-state index contributed by atoms with van der Waals surface area (Å²) in [7, 11) is 0. The summed E-state index contributed by atoms with van der Waals surface area (Å²) in [5.41, 5.74) is 1.07. The van der Waals surface area contributed by atoms with Gasteiger partial charge >= 0.3 is 0 Å². The average Bonchev–Trinajstić information content (AvgIpc) is 2.74. The Bertz CT molecular complexity index is 336. The van der Waals surface area contributed by atoms with Gasteiger partial charge in [0.15, 0.2) is 0 Å². The van der Waals surface area contributed by atoms with Crippen LogP contribution in [0.1, 0.15) is 32.4 Å². The van der Waals surface area contributed by atoms with Crippen molar-refractivity contribution in [3.05, 3.63) is 18.1 Å². The summed E-state index contributed by atoms with van der Waals surface area (Å²) in [5.74, 6) is 1.71. The molecule has 0 saturated carbocycles. The first-order chi connectivity index (χ1) is 8.28. The molecule has 94 valence electrons. The summed E-state index contributed by atoms with van der Waals surface area (Å²) in [5, 5.41) is 3.24. The van der Waals surface area contributed by atoms with Gasteiger partial charge in [0, 0.05) is 19.6 Å². The van der Waals surface area contributed by atoms with E-state index >= 15 is 0 Å². The molecule has 0 bridgehead atoms. The second kappa shape index (κ2) is 5.96. The molecule has 0 spiro atoms. The lowest BCUT2D eigenvalue weighted by atomic mass is 10.2. The fourth-order valence-electron chi connectivity index (χ4n) is 2.18. The number of nitrogens with one attached hydrogen (secondary N) is 1. The maximum absolute atomic E-state index is 4.45. The van der Waals surface area contributed by atoms with Crippen LogP contribution in [0.4, 0.5) is 5.82 Å². The molecule has 0 aliphatic carbocycles. The van der Waals surface area contributed by atoms with Crippen molar-refractivity contribution in [1.29, 1.82) is 0 Å². The van der Waals surface area contributed by atoms with E-state index < -0.39 is 0 Å². The Morgan fingerprint density at radius 2 is 2.29 bits per heavy atom. The van der Waals surface area contributed by atoms with Gasteiger partial charge in [-0.25, -0.2) is 4.98 Å². The molecule has 1 saturated heterocycles. The van der Waals surface area contributed by atoms with Crippen LogP contribution in [0, 0.1) is 5.92 Å². The van der Waals surface area contributed by atoms with E-state index in [9.17, 15) is 0 Å². The van der Waals surface area contributed by atoms with Crippen LogP contribution in [-0.2, 0) is 6.54 Å². The average molecular weight is 234 g/mol. The normalized spacial score (nSPS) is 20.7. The van der Waals surface area contributed by atoms with Crippen LogP contribution in [-0.4, -0.2) is 34.5 Å². The summed E-state index contributed by atoms with van der Waals surface area (Å²) in [6, 6.07) is 0. The maximum atomic E-state index is 4.45. The molecule has 1 unspecified atom stereocenters. The van der Waals surface area contributed by atoms with Crippen LogP contribution in [0.25, 0.3) is 0 Å². The lowest BCUT2D eigenvalue weighted by Crippen LogP contribution is -2.20. The number of anilines is 1. The van der Waals surface area contributed by atoms with Gasteiger partial charge in [-0.15, -0.1) is 0 Å². The van der Waals surface area contributed by atoms with Crippen molar-refractivity contribution in [2.45, 2.75) is 33.2 Å². The molecule has 0 amide bonds. The molecule has 2 heterocycles. The molecule has 1 fully saturated rings. The smallest absolute Gasteiger partial charge is 0.144 e. The van der Waals surface area contributed by atoms with Crippen molar-refractivity contribution >= 4 is 5.82 Å². The Morgan fingerprint density at radius 3 is 2.88 bits per heavy atom. The highest BCUT2D eigenvalue weighted by molar-refractivity contribution is 5.30. The molecule has 1 N–H and O–H groups in total. The van der Waals surface area contributed by atoms with Gasteiger partial charge in [-0.3, -0.25) is 9.88 Å². The largest absolute Gasteiger partial charge is 0.369 e. The van der Waals surface area contributed by atoms with Crippen molar-refractivity contribution in [2.24, 2.45) is 5.92 Å². The van der Waals surface area contributed by atoms with Gasteiger partial charge in [0.1, 0.15) is 5.82 Å². The van der Waals surface area contributed by atoms with Crippen LogP contribution >= 0.6 is 0 Å². The molecule has 1 aliphatic heterocycles. The number of nitrogens with zero attached hydrogens (tertiary/aromatic N) is 3. The van der Waals surface area contributed by atoms with E-state index in [1.807, 2.05) is 12.4 Å². The highest BCUT2D eigenvalue weighted by Crippen LogP contribution is 2.16. The third kappa shape index (κ3) is 3.66. The zero-order valence-corrected chi connectivity index (χ0v) is 10.8. The SMILES string of the molecule is CCCNc1cnc(CN2CCC(C)C2)cn1. The molecule has 4 nitrogen and oxygen atoms in total. The quantitative estimate of drug-likeness (QED) is 0.847. The highest BCUT2D eigenvalue weighted by Gasteiger charge is 2.18. The van der Waals surface area contributed by atoms with Crippen molar-refractivity contribution in [3.63, 3.8) is 0 Å². The van der Waals surface area contributed by atoms with Crippen molar-refractivity contribution in [1.82, 2.24) is 14.9 Å². The van der Waals surface area contributed by atoms with Crippen LogP contribution < -0.4 is 5.32 Å². The lowest BCUT2D eigenvalue weighted by Gasteiger charge is -2.14. The molecule has 0 aromatic carbocycles. The summed E-state index contributed by atoms with van der Waals surface area (Å²) in [6.07, 6.45) is 6.14. The van der Waals surface area contributed by atoms with Crippen LogP contribution in [0.2, 0.25) is 0 Å². The number of hydrogen-bond donors (Lipinski definition) is 1. The first-order valence-corrected chi connectivity index (χ1v) is 6.55. The van der Waals surface area contributed by atoms with E-state index in [0.29, 0.717) is 0 Å². The molecule has 1 aromatic heterocycles. The number of rotatable bonds is 5. The predicted octanol–water partition coefficient (Wildman–Crippen LogP) is 2.14. The molecule has 17 heavy (non-hydrogen) atoms. The molecular formula is C13H22N4. The molecule has 0 radical (unpaired) electrons. The van der Waals surface area contributed by atoms with E-state index in [2.05, 4.69) is 34.0 Å².